The molecule has 1 heterocycles. The number of benzene rings is 2. The quantitative estimate of drug-likeness (QED) is 0.733. The third-order valence-electron chi connectivity index (χ3n) is 3.14. The predicted octanol–water partition coefficient (Wildman–Crippen LogP) is 3.53. The molecule has 0 bridgehead atoms. The molecule has 0 amide bonds. The van der Waals surface area contributed by atoms with E-state index in [1.807, 2.05) is 25.1 Å². The fraction of sp³-hybridized carbons (Fsp3) is 0.0714. The van der Waals surface area contributed by atoms with Crippen LogP contribution >= 0.6 is 23.2 Å². The van der Waals surface area contributed by atoms with Gasteiger partial charge in [0.05, 0.1) is 10.7 Å². The van der Waals surface area contributed by atoms with Crippen molar-refractivity contribution in [2.24, 2.45) is 0 Å². The van der Waals surface area contributed by atoms with Gasteiger partial charge in [-0.15, -0.1) is 5.10 Å². The molecule has 3 rings (SSSR count). The normalized spacial score (nSPS) is 10.8. The number of halogens is 2. The molecular formula is C14H11Cl2N5. The fourth-order valence-electron chi connectivity index (χ4n) is 2.15. The van der Waals surface area contributed by atoms with Crippen molar-refractivity contribution in [2.45, 2.75) is 6.92 Å². The van der Waals surface area contributed by atoms with E-state index in [2.05, 4.69) is 15.5 Å². The maximum atomic E-state index is 6.23. The summed E-state index contributed by atoms with van der Waals surface area (Å²) in [5.41, 5.74) is 9.08. The van der Waals surface area contributed by atoms with Crippen molar-refractivity contribution in [3.8, 4) is 17.1 Å². The van der Waals surface area contributed by atoms with Gasteiger partial charge in [-0.2, -0.15) is 4.68 Å². The van der Waals surface area contributed by atoms with Gasteiger partial charge in [0, 0.05) is 16.3 Å². The van der Waals surface area contributed by atoms with Gasteiger partial charge in [-0.3, -0.25) is 0 Å². The summed E-state index contributed by atoms with van der Waals surface area (Å²) < 4.78 is 1.55. The van der Waals surface area contributed by atoms with Crippen LogP contribution in [0.2, 0.25) is 10.0 Å². The van der Waals surface area contributed by atoms with Gasteiger partial charge in [0.15, 0.2) is 5.82 Å². The standard InChI is InChI=1S/C14H11Cl2N5/c1-8-3-2-4-11(17)13(8)14-18-19-20-21(14)12-6-5-9(15)7-10(12)16/h2-7H,17H2,1H3. The van der Waals surface area contributed by atoms with Crippen LogP contribution in [0.25, 0.3) is 17.1 Å². The van der Waals surface area contributed by atoms with Crippen molar-refractivity contribution in [3.05, 3.63) is 52.0 Å². The molecule has 0 saturated carbocycles. The van der Waals surface area contributed by atoms with Crippen LogP contribution in [0.15, 0.2) is 36.4 Å². The van der Waals surface area contributed by atoms with E-state index in [0.29, 0.717) is 27.2 Å². The Labute approximate surface area is 131 Å². The van der Waals surface area contributed by atoms with Crippen molar-refractivity contribution in [1.82, 2.24) is 20.2 Å². The Bertz CT molecular complexity index is 793. The number of anilines is 1. The lowest BCUT2D eigenvalue weighted by Gasteiger charge is -2.10. The summed E-state index contributed by atoms with van der Waals surface area (Å²) in [6.07, 6.45) is 0. The molecule has 2 N–H and O–H groups in total. The van der Waals surface area contributed by atoms with Gasteiger partial charge in [-0.05, 0) is 47.2 Å². The molecule has 0 unspecified atom stereocenters. The molecule has 0 aliphatic rings. The highest BCUT2D eigenvalue weighted by Gasteiger charge is 2.17. The minimum Gasteiger partial charge on any atom is -0.398 e. The zero-order valence-corrected chi connectivity index (χ0v) is 12.6. The molecule has 7 heteroatoms. The maximum Gasteiger partial charge on any atom is 0.189 e. The zero-order valence-electron chi connectivity index (χ0n) is 11.1. The van der Waals surface area contributed by atoms with Crippen molar-refractivity contribution < 1.29 is 0 Å². The monoisotopic (exact) mass is 319 g/mol. The van der Waals surface area contributed by atoms with Crippen LogP contribution in [0.3, 0.4) is 0 Å². The molecule has 0 aliphatic heterocycles. The van der Waals surface area contributed by atoms with Gasteiger partial charge in [-0.25, -0.2) is 0 Å². The molecular weight excluding hydrogens is 309 g/mol. The molecule has 0 atom stereocenters. The van der Waals surface area contributed by atoms with Gasteiger partial charge in [0.1, 0.15) is 0 Å². The van der Waals surface area contributed by atoms with Crippen LogP contribution in [0.1, 0.15) is 5.56 Å². The van der Waals surface area contributed by atoms with Crippen molar-refractivity contribution in [3.63, 3.8) is 0 Å². The minimum atomic E-state index is 0.461. The minimum absolute atomic E-state index is 0.461. The van der Waals surface area contributed by atoms with E-state index < -0.39 is 0 Å². The highest BCUT2D eigenvalue weighted by atomic mass is 35.5. The molecule has 106 valence electrons. The number of aryl methyl sites for hydroxylation is 1. The first kappa shape index (κ1) is 13.9. The molecule has 3 aromatic rings. The predicted molar refractivity (Wildman–Crippen MR) is 83.8 cm³/mol. The van der Waals surface area contributed by atoms with Crippen LogP contribution in [-0.2, 0) is 0 Å². The number of hydrogen-bond donors (Lipinski definition) is 1. The topological polar surface area (TPSA) is 69.6 Å². The molecule has 0 aliphatic carbocycles. The lowest BCUT2D eigenvalue weighted by molar-refractivity contribution is 0.791. The fourth-order valence-corrected chi connectivity index (χ4v) is 2.64. The Morgan fingerprint density at radius 1 is 1.14 bits per heavy atom. The number of aromatic nitrogens is 4. The molecule has 2 aromatic carbocycles. The largest absolute Gasteiger partial charge is 0.398 e. The molecule has 0 fully saturated rings. The van der Waals surface area contributed by atoms with E-state index in [1.54, 1.807) is 22.9 Å². The third-order valence-corrected chi connectivity index (χ3v) is 3.67. The third kappa shape index (κ3) is 2.46. The Hall–Kier alpha value is -2.11. The number of nitrogens with zero attached hydrogens (tertiary/aromatic N) is 4. The average Bonchev–Trinajstić information content (AvgIpc) is 2.87. The van der Waals surface area contributed by atoms with E-state index in [0.717, 1.165) is 11.1 Å². The lowest BCUT2D eigenvalue weighted by atomic mass is 10.1. The molecule has 0 spiro atoms. The number of tetrazole rings is 1. The second-order valence-corrected chi connectivity index (χ2v) is 5.39. The zero-order chi connectivity index (χ0) is 15.0. The second kappa shape index (κ2) is 5.35. The molecule has 0 radical (unpaired) electrons. The van der Waals surface area contributed by atoms with Gasteiger partial charge in [-0.1, -0.05) is 35.3 Å². The Morgan fingerprint density at radius 3 is 2.67 bits per heavy atom. The Balaban J connectivity index is 2.22. The average molecular weight is 320 g/mol. The van der Waals surface area contributed by atoms with Crippen LogP contribution in [0, 0.1) is 6.92 Å². The van der Waals surface area contributed by atoms with Crippen LogP contribution in [0.4, 0.5) is 5.69 Å². The summed E-state index contributed by atoms with van der Waals surface area (Å²) in [6, 6.07) is 10.8. The Morgan fingerprint density at radius 2 is 1.95 bits per heavy atom. The van der Waals surface area contributed by atoms with E-state index in [9.17, 15) is 0 Å². The van der Waals surface area contributed by atoms with E-state index in [-0.39, 0.29) is 0 Å². The summed E-state index contributed by atoms with van der Waals surface area (Å²) in [5, 5.41) is 12.8. The first-order valence-corrected chi connectivity index (χ1v) is 6.93. The highest BCUT2D eigenvalue weighted by Crippen LogP contribution is 2.31. The Kier molecular flexibility index (Phi) is 3.53. The SMILES string of the molecule is Cc1cccc(N)c1-c1nnnn1-c1ccc(Cl)cc1Cl. The number of nitrogen functional groups attached to an aromatic ring is 1. The number of hydrogen-bond acceptors (Lipinski definition) is 4. The van der Waals surface area contributed by atoms with Crippen LogP contribution in [0.5, 0.6) is 0 Å². The van der Waals surface area contributed by atoms with E-state index in [1.165, 1.54) is 0 Å². The maximum absolute atomic E-state index is 6.23. The van der Waals surface area contributed by atoms with Crippen molar-refractivity contribution in [1.29, 1.82) is 0 Å². The highest BCUT2D eigenvalue weighted by molar-refractivity contribution is 6.35. The van der Waals surface area contributed by atoms with Gasteiger partial charge >= 0.3 is 0 Å². The van der Waals surface area contributed by atoms with Crippen molar-refractivity contribution in [2.75, 3.05) is 5.73 Å². The summed E-state index contributed by atoms with van der Waals surface area (Å²) >= 11 is 12.1. The van der Waals surface area contributed by atoms with Crippen LogP contribution < -0.4 is 5.73 Å². The molecule has 5 nitrogen and oxygen atoms in total. The van der Waals surface area contributed by atoms with E-state index in [4.69, 9.17) is 28.9 Å². The van der Waals surface area contributed by atoms with E-state index >= 15 is 0 Å². The van der Waals surface area contributed by atoms with Crippen molar-refractivity contribution >= 4 is 28.9 Å². The lowest BCUT2D eigenvalue weighted by Crippen LogP contribution is -2.03. The van der Waals surface area contributed by atoms with Gasteiger partial charge in [0.2, 0.25) is 0 Å². The van der Waals surface area contributed by atoms with Crippen LogP contribution in [-0.4, -0.2) is 20.2 Å². The molecule has 21 heavy (non-hydrogen) atoms. The molecule has 0 saturated heterocycles. The number of rotatable bonds is 2. The summed E-state index contributed by atoms with van der Waals surface area (Å²) in [6.45, 7) is 1.95. The number of nitrogens with two attached hydrogens (primary N) is 1. The summed E-state index contributed by atoms with van der Waals surface area (Å²) in [7, 11) is 0. The first-order valence-electron chi connectivity index (χ1n) is 6.17. The smallest absolute Gasteiger partial charge is 0.189 e. The van der Waals surface area contributed by atoms with Gasteiger partial charge in [0.25, 0.3) is 0 Å². The molecule has 1 aromatic heterocycles. The summed E-state index contributed by atoms with van der Waals surface area (Å²) in [5.74, 6) is 0.537. The first-order chi connectivity index (χ1) is 10.1. The van der Waals surface area contributed by atoms with Gasteiger partial charge < -0.3 is 5.73 Å². The second-order valence-electron chi connectivity index (χ2n) is 4.55. The summed E-state index contributed by atoms with van der Waals surface area (Å²) in [4.78, 5) is 0.